The van der Waals surface area contributed by atoms with Crippen LogP contribution in [0.1, 0.15) is 4.88 Å². The van der Waals surface area contributed by atoms with Gasteiger partial charge in [-0.05, 0) is 23.6 Å². The quantitative estimate of drug-likeness (QED) is 0.758. The van der Waals surface area contributed by atoms with Gasteiger partial charge in [-0.2, -0.15) is 5.10 Å². The number of benzene rings is 1. The molecule has 1 amide bonds. The summed E-state index contributed by atoms with van der Waals surface area (Å²) in [4.78, 5) is 12.9. The summed E-state index contributed by atoms with van der Waals surface area (Å²) in [6.07, 6.45) is 0.388. The normalized spacial score (nSPS) is 10.7. The second-order valence-corrected chi connectivity index (χ2v) is 4.95. The van der Waals surface area contributed by atoms with Crippen molar-refractivity contribution in [3.63, 3.8) is 0 Å². The summed E-state index contributed by atoms with van der Waals surface area (Å²) in [7, 11) is 0. The van der Waals surface area contributed by atoms with Gasteiger partial charge in [-0.15, -0.1) is 11.3 Å². The van der Waals surface area contributed by atoms with Crippen molar-refractivity contribution < 1.29 is 4.79 Å². The first kappa shape index (κ1) is 11.0. The second kappa shape index (κ2) is 4.62. The molecular weight excluding hydrogens is 246 g/mol. The van der Waals surface area contributed by atoms with Crippen LogP contribution >= 0.6 is 11.3 Å². The van der Waals surface area contributed by atoms with Crippen molar-refractivity contribution in [2.75, 3.05) is 5.32 Å². The van der Waals surface area contributed by atoms with Crippen LogP contribution in [-0.4, -0.2) is 16.1 Å². The highest BCUT2D eigenvalue weighted by molar-refractivity contribution is 7.10. The third-order valence-electron chi connectivity index (χ3n) is 2.64. The van der Waals surface area contributed by atoms with E-state index in [0.717, 1.165) is 15.8 Å². The molecule has 2 aromatic heterocycles. The van der Waals surface area contributed by atoms with E-state index in [9.17, 15) is 4.79 Å². The van der Waals surface area contributed by atoms with Gasteiger partial charge in [-0.1, -0.05) is 18.2 Å². The zero-order chi connectivity index (χ0) is 12.4. The Morgan fingerprint density at radius 3 is 3.00 bits per heavy atom. The summed E-state index contributed by atoms with van der Waals surface area (Å²) >= 11 is 1.58. The Kier molecular flexibility index (Phi) is 2.82. The number of nitrogens with one attached hydrogen (secondary N) is 2. The van der Waals surface area contributed by atoms with Gasteiger partial charge in [0.2, 0.25) is 5.91 Å². The lowest BCUT2D eigenvalue weighted by atomic mass is 10.2. The number of anilines is 1. The second-order valence-electron chi connectivity index (χ2n) is 3.92. The summed E-state index contributed by atoms with van der Waals surface area (Å²) in [5.41, 5.74) is 0.920. The number of hydrogen-bond acceptors (Lipinski definition) is 3. The fourth-order valence-electron chi connectivity index (χ4n) is 1.81. The number of H-pyrrole nitrogens is 1. The Bertz CT molecular complexity index is 672. The molecule has 2 N–H and O–H groups in total. The smallest absolute Gasteiger partial charge is 0.230 e. The maximum Gasteiger partial charge on any atom is 0.230 e. The van der Waals surface area contributed by atoms with Crippen molar-refractivity contribution >= 4 is 34.0 Å². The molecule has 0 aliphatic rings. The van der Waals surface area contributed by atoms with E-state index in [4.69, 9.17) is 0 Å². The Balaban J connectivity index is 1.78. The van der Waals surface area contributed by atoms with E-state index >= 15 is 0 Å². The van der Waals surface area contributed by atoms with E-state index in [1.165, 1.54) is 0 Å². The SMILES string of the molecule is O=C(Cc1cccs1)Nc1n[nH]c2ccccc12. The van der Waals surface area contributed by atoms with Gasteiger partial charge in [-0.25, -0.2) is 0 Å². The van der Waals surface area contributed by atoms with Crippen molar-refractivity contribution in [2.45, 2.75) is 6.42 Å². The van der Waals surface area contributed by atoms with Crippen LogP contribution in [0.3, 0.4) is 0 Å². The van der Waals surface area contributed by atoms with E-state index < -0.39 is 0 Å². The highest BCUT2D eigenvalue weighted by Gasteiger charge is 2.09. The lowest BCUT2D eigenvalue weighted by Gasteiger charge is -2.00. The number of para-hydroxylation sites is 1. The molecule has 4 nitrogen and oxygen atoms in total. The molecule has 0 atom stereocenters. The average Bonchev–Trinajstić information content (AvgIpc) is 3.00. The molecule has 0 aliphatic carbocycles. The lowest BCUT2D eigenvalue weighted by molar-refractivity contribution is -0.115. The number of aromatic amines is 1. The van der Waals surface area contributed by atoms with Crippen LogP contribution in [0.2, 0.25) is 0 Å². The Morgan fingerprint density at radius 2 is 2.17 bits per heavy atom. The first-order valence-electron chi connectivity index (χ1n) is 5.58. The zero-order valence-corrected chi connectivity index (χ0v) is 10.3. The predicted molar refractivity (Wildman–Crippen MR) is 72.7 cm³/mol. The highest BCUT2D eigenvalue weighted by atomic mass is 32.1. The number of carbonyl (C=O) groups excluding carboxylic acids is 1. The van der Waals surface area contributed by atoms with Crippen LogP contribution in [0.4, 0.5) is 5.82 Å². The van der Waals surface area contributed by atoms with E-state index in [2.05, 4.69) is 15.5 Å². The largest absolute Gasteiger partial charge is 0.308 e. The molecule has 2 heterocycles. The number of fused-ring (bicyclic) bond motifs is 1. The van der Waals surface area contributed by atoms with Crippen LogP contribution < -0.4 is 5.32 Å². The van der Waals surface area contributed by atoms with E-state index in [-0.39, 0.29) is 5.91 Å². The minimum atomic E-state index is -0.0466. The van der Waals surface area contributed by atoms with Crippen LogP contribution in [-0.2, 0) is 11.2 Å². The summed E-state index contributed by atoms with van der Waals surface area (Å²) < 4.78 is 0. The summed E-state index contributed by atoms with van der Waals surface area (Å²) in [5, 5.41) is 12.7. The van der Waals surface area contributed by atoms with Crippen molar-refractivity contribution in [1.82, 2.24) is 10.2 Å². The van der Waals surface area contributed by atoms with E-state index in [1.54, 1.807) is 11.3 Å². The number of rotatable bonds is 3. The zero-order valence-electron chi connectivity index (χ0n) is 9.51. The molecule has 0 spiro atoms. The van der Waals surface area contributed by atoms with Crippen molar-refractivity contribution in [3.8, 4) is 0 Å². The molecule has 5 heteroatoms. The minimum Gasteiger partial charge on any atom is -0.308 e. The van der Waals surface area contributed by atoms with Crippen molar-refractivity contribution in [3.05, 3.63) is 46.7 Å². The molecule has 0 unspecified atom stereocenters. The lowest BCUT2D eigenvalue weighted by Crippen LogP contribution is -2.14. The first-order valence-corrected chi connectivity index (χ1v) is 6.46. The molecule has 0 aliphatic heterocycles. The average molecular weight is 257 g/mol. The summed E-state index contributed by atoms with van der Waals surface area (Å²) in [6.45, 7) is 0. The third-order valence-corrected chi connectivity index (χ3v) is 3.52. The van der Waals surface area contributed by atoms with Gasteiger partial charge in [0.15, 0.2) is 5.82 Å². The minimum absolute atomic E-state index is 0.0466. The predicted octanol–water partition coefficient (Wildman–Crippen LogP) is 2.81. The van der Waals surface area contributed by atoms with Crippen LogP contribution in [0.15, 0.2) is 41.8 Å². The molecule has 0 fully saturated rings. The van der Waals surface area contributed by atoms with Crippen molar-refractivity contribution in [2.24, 2.45) is 0 Å². The molecule has 1 aromatic carbocycles. The van der Waals surface area contributed by atoms with Crippen LogP contribution in [0.5, 0.6) is 0 Å². The molecular formula is C13H11N3OS. The molecule has 3 aromatic rings. The Hall–Kier alpha value is -2.14. The number of aromatic nitrogens is 2. The Labute approximate surface area is 108 Å². The van der Waals surface area contributed by atoms with Crippen LogP contribution in [0.25, 0.3) is 10.9 Å². The van der Waals surface area contributed by atoms with Gasteiger partial charge in [0, 0.05) is 10.3 Å². The Morgan fingerprint density at radius 1 is 1.28 bits per heavy atom. The first-order chi connectivity index (χ1) is 8.83. The fourth-order valence-corrected chi connectivity index (χ4v) is 2.51. The summed E-state index contributed by atoms with van der Waals surface area (Å²) in [5.74, 6) is 0.543. The van der Waals surface area contributed by atoms with Crippen LogP contribution in [0, 0.1) is 0 Å². The molecule has 3 rings (SSSR count). The van der Waals surface area contributed by atoms with Crippen molar-refractivity contribution in [1.29, 1.82) is 0 Å². The number of carbonyl (C=O) groups is 1. The molecule has 18 heavy (non-hydrogen) atoms. The van der Waals surface area contributed by atoms with Gasteiger partial charge in [0.1, 0.15) is 0 Å². The van der Waals surface area contributed by atoms with Gasteiger partial charge >= 0.3 is 0 Å². The number of hydrogen-bond donors (Lipinski definition) is 2. The number of amides is 1. The molecule has 0 bridgehead atoms. The summed E-state index contributed by atoms with van der Waals surface area (Å²) in [6, 6.07) is 11.6. The maximum atomic E-state index is 11.9. The molecule has 0 saturated heterocycles. The number of nitrogens with zero attached hydrogens (tertiary/aromatic N) is 1. The fraction of sp³-hybridized carbons (Fsp3) is 0.0769. The third kappa shape index (κ3) is 2.12. The highest BCUT2D eigenvalue weighted by Crippen LogP contribution is 2.20. The van der Waals surface area contributed by atoms with Gasteiger partial charge in [0.25, 0.3) is 0 Å². The molecule has 90 valence electrons. The van der Waals surface area contributed by atoms with E-state index in [1.807, 2.05) is 41.8 Å². The number of thiophene rings is 1. The molecule has 0 saturated carbocycles. The van der Waals surface area contributed by atoms with Gasteiger partial charge in [0.05, 0.1) is 11.9 Å². The monoisotopic (exact) mass is 257 g/mol. The molecule has 0 radical (unpaired) electrons. The van der Waals surface area contributed by atoms with Gasteiger partial charge < -0.3 is 5.32 Å². The van der Waals surface area contributed by atoms with Gasteiger partial charge in [-0.3, -0.25) is 9.89 Å². The maximum absolute atomic E-state index is 11.9. The standard InChI is InChI=1S/C13H11N3OS/c17-12(8-9-4-3-7-18-9)14-13-10-5-1-2-6-11(10)15-16-13/h1-7H,8H2,(H2,14,15,16,17). The topological polar surface area (TPSA) is 57.8 Å². The van der Waals surface area contributed by atoms with E-state index in [0.29, 0.717) is 12.2 Å².